The van der Waals surface area contributed by atoms with Crippen molar-refractivity contribution < 1.29 is 19.1 Å². The summed E-state index contributed by atoms with van der Waals surface area (Å²) in [5.41, 5.74) is 1.62. The van der Waals surface area contributed by atoms with E-state index >= 15 is 0 Å². The van der Waals surface area contributed by atoms with Gasteiger partial charge in [-0.2, -0.15) is 0 Å². The summed E-state index contributed by atoms with van der Waals surface area (Å²) < 4.78 is 10.2. The van der Waals surface area contributed by atoms with Crippen LogP contribution in [0, 0.1) is 0 Å². The van der Waals surface area contributed by atoms with Crippen molar-refractivity contribution >= 4 is 11.9 Å². The number of carbonyl (C=O) groups is 2. The van der Waals surface area contributed by atoms with E-state index in [9.17, 15) is 9.59 Å². The monoisotopic (exact) mass is 324 g/mol. The summed E-state index contributed by atoms with van der Waals surface area (Å²) in [5.74, 6) is -0.620. The first-order valence-corrected chi connectivity index (χ1v) is 7.82. The second-order valence-electron chi connectivity index (χ2n) is 5.10. The zero-order valence-corrected chi connectivity index (χ0v) is 13.4. The van der Waals surface area contributed by atoms with E-state index in [2.05, 4.69) is 0 Å². The normalized spacial score (nSPS) is 10.5. The van der Waals surface area contributed by atoms with Crippen LogP contribution in [0.2, 0.25) is 0 Å². The molecule has 2 rings (SSSR count). The molecule has 0 aliphatic heterocycles. The summed E-state index contributed by atoms with van der Waals surface area (Å²) in [5, 5.41) is 0. The minimum absolute atomic E-state index is 0.148. The second-order valence-corrected chi connectivity index (χ2v) is 5.10. The Hall–Kier alpha value is -2.88. The lowest BCUT2D eigenvalue weighted by Crippen LogP contribution is -2.07. The molecule has 2 aromatic rings. The van der Waals surface area contributed by atoms with Gasteiger partial charge >= 0.3 is 11.9 Å². The van der Waals surface area contributed by atoms with Crippen LogP contribution in [0.3, 0.4) is 0 Å². The highest BCUT2D eigenvalue weighted by Crippen LogP contribution is 2.03. The first-order chi connectivity index (χ1) is 11.8. The van der Waals surface area contributed by atoms with Crippen LogP contribution in [-0.4, -0.2) is 25.2 Å². The fraction of sp³-hybridized carbons (Fsp3) is 0.200. The maximum Gasteiger partial charge on any atom is 0.338 e. The predicted octanol–water partition coefficient (Wildman–Crippen LogP) is 3.58. The van der Waals surface area contributed by atoms with Gasteiger partial charge in [-0.3, -0.25) is 4.79 Å². The van der Waals surface area contributed by atoms with E-state index < -0.39 is 0 Å². The van der Waals surface area contributed by atoms with Gasteiger partial charge in [0.05, 0.1) is 5.56 Å². The molecule has 0 fully saturated rings. The molecule has 0 aromatic heterocycles. The van der Waals surface area contributed by atoms with Gasteiger partial charge < -0.3 is 9.47 Å². The van der Waals surface area contributed by atoms with Crippen LogP contribution in [0.15, 0.2) is 72.8 Å². The molecule has 0 N–H and O–H groups in total. The molecule has 0 amide bonds. The summed E-state index contributed by atoms with van der Waals surface area (Å²) in [6.07, 6.45) is 4.34. The summed E-state index contributed by atoms with van der Waals surface area (Å²) in [6, 6.07) is 18.6. The lowest BCUT2D eigenvalue weighted by Gasteiger charge is -2.03. The topological polar surface area (TPSA) is 52.6 Å². The fourth-order valence-corrected chi connectivity index (χ4v) is 2.02. The number of benzene rings is 2. The molecule has 0 saturated carbocycles. The van der Waals surface area contributed by atoms with Crippen molar-refractivity contribution in [1.29, 1.82) is 0 Å². The SMILES string of the molecule is O=C(CCc1ccccc1)OCC=CCOC(=O)c1ccccc1. The van der Waals surface area contributed by atoms with Gasteiger partial charge in [0.15, 0.2) is 0 Å². The number of aryl methyl sites for hydroxylation is 1. The van der Waals surface area contributed by atoms with Crippen LogP contribution in [-0.2, 0) is 20.7 Å². The number of carbonyl (C=O) groups excluding carboxylic acids is 2. The number of hydrogen-bond acceptors (Lipinski definition) is 4. The molecule has 4 heteroatoms. The maximum atomic E-state index is 11.7. The zero-order chi connectivity index (χ0) is 17.0. The quantitative estimate of drug-likeness (QED) is 0.550. The van der Waals surface area contributed by atoms with E-state index in [-0.39, 0.29) is 25.2 Å². The molecule has 0 saturated heterocycles. The Morgan fingerprint density at radius 1 is 0.792 bits per heavy atom. The molecule has 0 aliphatic rings. The molecule has 0 aliphatic carbocycles. The van der Waals surface area contributed by atoms with Gasteiger partial charge in [-0.05, 0) is 36.3 Å². The Labute approximate surface area is 141 Å². The van der Waals surface area contributed by atoms with Crippen LogP contribution in [0.25, 0.3) is 0 Å². The van der Waals surface area contributed by atoms with Gasteiger partial charge in [0.25, 0.3) is 0 Å². The van der Waals surface area contributed by atoms with Crippen molar-refractivity contribution in [3.05, 3.63) is 83.9 Å². The molecule has 0 heterocycles. The van der Waals surface area contributed by atoms with Gasteiger partial charge in [-0.15, -0.1) is 0 Å². The molecule has 0 unspecified atom stereocenters. The maximum absolute atomic E-state index is 11.7. The van der Waals surface area contributed by atoms with Crippen molar-refractivity contribution in [3.63, 3.8) is 0 Å². The highest BCUT2D eigenvalue weighted by Gasteiger charge is 2.04. The first kappa shape index (κ1) is 17.5. The van der Waals surface area contributed by atoms with Crippen molar-refractivity contribution in [1.82, 2.24) is 0 Å². The highest BCUT2D eigenvalue weighted by atomic mass is 16.5. The Kier molecular flexibility index (Phi) is 7.28. The third-order valence-corrected chi connectivity index (χ3v) is 3.29. The summed E-state index contributed by atoms with van der Waals surface area (Å²) in [6.45, 7) is 0.325. The van der Waals surface area contributed by atoms with Crippen molar-refractivity contribution in [3.8, 4) is 0 Å². The van der Waals surface area contributed by atoms with Gasteiger partial charge in [-0.1, -0.05) is 48.5 Å². The predicted molar refractivity (Wildman–Crippen MR) is 91.6 cm³/mol. The Morgan fingerprint density at radius 3 is 2.04 bits per heavy atom. The third-order valence-electron chi connectivity index (χ3n) is 3.29. The Balaban J connectivity index is 1.57. The van der Waals surface area contributed by atoms with E-state index in [1.807, 2.05) is 36.4 Å². The van der Waals surface area contributed by atoms with Crippen molar-refractivity contribution in [2.24, 2.45) is 0 Å². The van der Waals surface area contributed by atoms with Gasteiger partial charge in [-0.25, -0.2) is 4.79 Å². The average Bonchev–Trinajstić information content (AvgIpc) is 2.64. The smallest absolute Gasteiger partial charge is 0.338 e. The number of hydrogen-bond donors (Lipinski definition) is 0. The number of ether oxygens (including phenoxy) is 2. The minimum atomic E-state index is -0.375. The molecule has 4 nitrogen and oxygen atoms in total. The lowest BCUT2D eigenvalue weighted by molar-refractivity contribution is -0.142. The van der Waals surface area contributed by atoms with E-state index in [1.165, 1.54) is 0 Å². The molecule has 2 aromatic carbocycles. The third kappa shape index (κ3) is 6.48. The Bertz CT molecular complexity index is 663. The van der Waals surface area contributed by atoms with Crippen LogP contribution >= 0.6 is 0 Å². The van der Waals surface area contributed by atoms with Crippen LogP contribution in [0.1, 0.15) is 22.3 Å². The van der Waals surface area contributed by atoms with Crippen LogP contribution in [0.4, 0.5) is 0 Å². The molecule has 124 valence electrons. The van der Waals surface area contributed by atoms with Crippen LogP contribution in [0.5, 0.6) is 0 Å². The molecule has 0 spiro atoms. The number of rotatable bonds is 8. The fourth-order valence-electron chi connectivity index (χ4n) is 2.02. The minimum Gasteiger partial charge on any atom is -0.461 e. The Morgan fingerprint density at radius 2 is 1.38 bits per heavy atom. The van der Waals surface area contributed by atoms with E-state index in [1.54, 1.807) is 36.4 Å². The van der Waals surface area contributed by atoms with Crippen LogP contribution < -0.4 is 0 Å². The molecule has 0 radical (unpaired) electrons. The van der Waals surface area contributed by atoms with Gasteiger partial charge in [0, 0.05) is 6.42 Å². The summed E-state index contributed by atoms with van der Waals surface area (Å²) in [4.78, 5) is 23.3. The molecular weight excluding hydrogens is 304 g/mol. The van der Waals surface area contributed by atoms with E-state index in [0.29, 0.717) is 18.4 Å². The van der Waals surface area contributed by atoms with Gasteiger partial charge in [0.2, 0.25) is 0 Å². The van der Waals surface area contributed by atoms with Crippen molar-refractivity contribution in [2.75, 3.05) is 13.2 Å². The summed E-state index contributed by atoms with van der Waals surface area (Å²) >= 11 is 0. The first-order valence-electron chi connectivity index (χ1n) is 7.82. The highest BCUT2D eigenvalue weighted by molar-refractivity contribution is 5.89. The second kappa shape index (κ2) is 10.0. The van der Waals surface area contributed by atoms with E-state index in [0.717, 1.165) is 5.56 Å². The standard InChI is InChI=1S/C20H20O4/c21-19(14-13-17-9-3-1-4-10-17)23-15-7-8-16-24-20(22)18-11-5-2-6-12-18/h1-12H,13-16H2. The molecule has 24 heavy (non-hydrogen) atoms. The van der Waals surface area contributed by atoms with Gasteiger partial charge in [0.1, 0.15) is 13.2 Å². The lowest BCUT2D eigenvalue weighted by atomic mass is 10.1. The summed E-state index contributed by atoms with van der Waals surface area (Å²) in [7, 11) is 0. The molecule has 0 atom stereocenters. The van der Waals surface area contributed by atoms with E-state index in [4.69, 9.17) is 9.47 Å². The molecule has 0 bridgehead atoms. The number of esters is 2. The van der Waals surface area contributed by atoms with Crippen molar-refractivity contribution in [2.45, 2.75) is 12.8 Å². The zero-order valence-electron chi connectivity index (χ0n) is 13.4. The largest absolute Gasteiger partial charge is 0.461 e. The average molecular weight is 324 g/mol. The molecular formula is C20H20O4.